The number of carbonyl (C=O) groups is 1. The second-order valence-corrected chi connectivity index (χ2v) is 7.40. The third-order valence-electron chi connectivity index (χ3n) is 5.78. The number of allylic oxidation sites excluding steroid dienone is 2. The predicted molar refractivity (Wildman–Crippen MR) is 81.0 cm³/mol. The minimum atomic E-state index is 0.249. The first-order valence-electron chi connectivity index (χ1n) is 7.92. The van der Waals surface area contributed by atoms with E-state index in [1.807, 2.05) is 0 Å². The molecule has 0 amide bonds. The van der Waals surface area contributed by atoms with E-state index in [4.69, 9.17) is 0 Å². The lowest BCUT2D eigenvalue weighted by atomic mass is 9.64. The van der Waals surface area contributed by atoms with E-state index < -0.39 is 0 Å². The van der Waals surface area contributed by atoms with Gasteiger partial charge in [0, 0.05) is 12.0 Å². The van der Waals surface area contributed by atoms with E-state index in [1.165, 1.54) is 24.0 Å². The Kier molecular flexibility index (Phi) is 2.52. The van der Waals surface area contributed by atoms with Crippen molar-refractivity contribution >= 4 is 5.78 Å². The molecule has 0 N–H and O–H groups in total. The highest BCUT2D eigenvalue weighted by Crippen LogP contribution is 2.57. The summed E-state index contributed by atoms with van der Waals surface area (Å²) >= 11 is 0. The Labute approximate surface area is 121 Å². The molecule has 0 aliphatic heterocycles. The summed E-state index contributed by atoms with van der Waals surface area (Å²) in [4.78, 5) is 12.6. The zero-order chi connectivity index (χ0) is 13.9. The van der Waals surface area contributed by atoms with Crippen molar-refractivity contribution in [3.8, 4) is 0 Å². The van der Waals surface area contributed by atoms with Crippen LogP contribution in [0.5, 0.6) is 0 Å². The van der Waals surface area contributed by atoms with Crippen LogP contribution in [0.1, 0.15) is 60.5 Å². The number of Topliss-reactive ketones (excluding diaryl/α,β-unsaturated/α-hetero) is 1. The molecule has 1 aromatic carbocycles. The SMILES string of the molecule is CC(C)c1ccc2c(c1)CC1(CC2=O)CC2C=CC1C2. The minimum Gasteiger partial charge on any atom is -0.294 e. The maximum atomic E-state index is 12.6. The minimum absolute atomic E-state index is 0.249. The monoisotopic (exact) mass is 266 g/mol. The van der Waals surface area contributed by atoms with E-state index in [9.17, 15) is 4.79 Å². The lowest BCUT2D eigenvalue weighted by Gasteiger charge is -2.39. The van der Waals surface area contributed by atoms with E-state index in [2.05, 4.69) is 44.2 Å². The molecule has 3 atom stereocenters. The number of hydrogen-bond donors (Lipinski definition) is 0. The summed E-state index contributed by atoms with van der Waals surface area (Å²) in [6, 6.07) is 6.51. The Bertz CT molecular complexity index is 610. The van der Waals surface area contributed by atoms with Crippen LogP contribution < -0.4 is 0 Å². The molecule has 3 aliphatic carbocycles. The molecule has 1 spiro atoms. The van der Waals surface area contributed by atoms with Gasteiger partial charge in [-0.3, -0.25) is 4.79 Å². The van der Waals surface area contributed by atoms with Crippen molar-refractivity contribution in [1.82, 2.24) is 0 Å². The largest absolute Gasteiger partial charge is 0.294 e. The molecule has 1 fully saturated rings. The summed E-state index contributed by atoms with van der Waals surface area (Å²) in [5, 5.41) is 0. The maximum Gasteiger partial charge on any atom is 0.163 e. The fourth-order valence-electron chi connectivity index (χ4n) is 4.71. The van der Waals surface area contributed by atoms with Crippen molar-refractivity contribution in [3.05, 3.63) is 47.0 Å². The van der Waals surface area contributed by atoms with Gasteiger partial charge in [-0.1, -0.05) is 44.2 Å². The average Bonchev–Trinajstić information content (AvgIpc) is 2.98. The van der Waals surface area contributed by atoms with Crippen molar-refractivity contribution in [2.24, 2.45) is 17.3 Å². The third-order valence-corrected chi connectivity index (χ3v) is 5.78. The number of ketones is 1. The summed E-state index contributed by atoms with van der Waals surface area (Å²) in [5.74, 6) is 2.30. The van der Waals surface area contributed by atoms with Gasteiger partial charge in [0.25, 0.3) is 0 Å². The van der Waals surface area contributed by atoms with Gasteiger partial charge in [-0.2, -0.15) is 0 Å². The van der Waals surface area contributed by atoms with Crippen LogP contribution in [-0.4, -0.2) is 5.78 Å². The molecule has 20 heavy (non-hydrogen) atoms. The molecule has 3 aliphatic rings. The molecule has 1 nitrogen and oxygen atoms in total. The van der Waals surface area contributed by atoms with Crippen molar-refractivity contribution in [1.29, 1.82) is 0 Å². The van der Waals surface area contributed by atoms with Crippen LogP contribution in [0.15, 0.2) is 30.4 Å². The first-order valence-corrected chi connectivity index (χ1v) is 7.92. The van der Waals surface area contributed by atoms with Gasteiger partial charge in [0.05, 0.1) is 0 Å². The van der Waals surface area contributed by atoms with Crippen LogP contribution in [0.4, 0.5) is 0 Å². The molecule has 0 radical (unpaired) electrons. The maximum absolute atomic E-state index is 12.6. The third kappa shape index (κ3) is 1.65. The zero-order valence-corrected chi connectivity index (χ0v) is 12.4. The predicted octanol–water partition coefficient (Wildman–Crippen LogP) is 4.52. The Balaban J connectivity index is 1.76. The van der Waals surface area contributed by atoms with Gasteiger partial charge in [-0.25, -0.2) is 0 Å². The van der Waals surface area contributed by atoms with Crippen LogP contribution in [0.2, 0.25) is 0 Å². The highest BCUT2D eigenvalue weighted by molar-refractivity contribution is 5.99. The van der Waals surface area contributed by atoms with E-state index in [0.717, 1.165) is 24.3 Å². The first-order chi connectivity index (χ1) is 9.57. The quantitative estimate of drug-likeness (QED) is 0.683. The van der Waals surface area contributed by atoms with Gasteiger partial charge in [0.2, 0.25) is 0 Å². The molecular formula is C19H22O. The van der Waals surface area contributed by atoms with Crippen LogP contribution >= 0.6 is 0 Å². The summed E-state index contributed by atoms with van der Waals surface area (Å²) < 4.78 is 0. The highest BCUT2D eigenvalue weighted by Gasteiger charge is 2.51. The standard InChI is InChI=1S/C19H22O/c1-12(2)14-4-6-17-15(8-14)10-19(11-18(17)20)9-13-3-5-16(19)7-13/h3-6,8,12-13,16H,7,9-11H2,1-2H3. The number of carbonyl (C=O) groups excluding carboxylic acids is 1. The molecule has 0 saturated heterocycles. The first kappa shape index (κ1) is 12.4. The van der Waals surface area contributed by atoms with Crippen molar-refractivity contribution in [2.75, 3.05) is 0 Å². The molecule has 0 aromatic heterocycles. The molecule has 0 heterocycles. The van der Waals surface area contributed by atoms with Gasteiger partial charge < -0.3 is 0 Å². The van der Waals surface area contributed by atoms with E-state index >= 15 is 0 Å². The second-order valence-electron chi connectivity index (χ2n) is 7.40. The molecule has 4 rings (SSSR count). The van der Waals surface area contributed by atoms with Crippen LogP contribution in [0, 0.1) is 17.3 Å². The Hall–Kier alpha value is -1.37. The Morgan fingerprint density at radius 3 is 2.70 bits per heavy atom. The molecule has 1 saturated carbocycles. The van der Waals surface area contributed by atoms with Gasteiger partial charge in [0.15, 0.2) is 5.78 Å². The zero-order valence-electron chi connectivity index (χ0n) is 12.4. The highest BCUT2D eigenvalue weighted by atomic mass is 16.1. The fourth-order valence-corrected chi connectivity index (χ4v) is 4.71. The van der Waals surface area contributed by atoms with Crippen LogP contribution in [0.25, 0.3) is 0 Å². The van der Waals surface area contributed by atoms with Gasteiger partial charge >= 0.3 is 0 Å². The number of benzene rings is 1. The molecule has 2 bridgehead atoms. The lowest BCUT2D eigenvalue weighted by Crippen LogP contribution is -2.36. The van der Waals surface area contributed by atoms with E-state index in [1.54, 1.807) is 0 Å². The van der Waals surface area contributed by atoms with E-state index in [-0.39, 0.29) is 5.41 Å². The van der Waals surface area contributed by atoms with Crippen molar-refractivity contribution < 1.29 is 4.79 Å². The van der Waals surface area contributed by atoms with E-state index in [0.29, 0.717) is 17.6 Å². The van der Waals surface area contributed by atoms with Crippen molar-refractivity contribution in [3.63, 3.8) is 0 Å². The summed E-state index contributed by atoms with van der Waals surface area (Å²) in [6.07, 6.45) is 9.16. The van der Waals surface area contributed by atoms with Crippen molar-refractivity contribution in [2.45, 2.75) is 45.4 Å². The summed E-state index contributed by atoms with van der Waals surface area (Å²) in [5.41, 5.74) is 3.92. The molecule has 3 unspecified atom stereocenters. The smallest absolute Gasteiger partial charge is 0.163 e. The number of hydrogen-bond acceptors (Lipinski definition) is 1. The normalized spacial score (nSPS) is 34.2. The lowest BCUT2D eigenvalue weighted by molar-refractivity contribution is 0.0848. The summed E-state index contributed by atoms with van der Waals surface area (Å²) in [6.45, 7) is 4.45. The Morgan fingerprint density at radius 1 is 1.20 bits per heavy atom. The molecule has 1 aromatic rings. The Morgan fingerprint density at radius 2 is 2.05 bits per heavy atom. The molecule has 104 valence electrons. The van der Waals surface area contributed by atoms with Gasteiger partial charge in [-0.05, 0) is 53.6 Å². The summed E-state index contributed by atoms with van der Waals surface area (Å²) in [7, 11) is 0. The van der Waals surface area contributed by atoms with Crippen LogP contribution in [0.3, 0.4) is 0 Å². The number of rotatable bonds is 1. The van der Waals surface area contributed by atoms with Gasteiger partial charge in [0.1, 0.15) is 0 Å². The van der Waals surface area contributed by atoms with Gasteiger partial charge in [-0.15, -0.1) is 0 Å². The molecular weight excluding hydrogens is 244 g/mol. The average molecular weight is 266 g/mol. The fraction of sp³-hybridized carbons (Fsp3) is 0.526. The molecule has 1 heteroatoms. The topological polar surface area (TPSA) is 17.1 Å². The second kappa shape index (κ2) is 4.07. The van der Waals surface area contributed by atoms with Crippen LogP contribution in [-0.2, 0) is 6.42 Å². The number of fused-ring (bicyclic) bond motifs is 4.